The standard InChI is InChI=1S/C19H24F3N3O3/c20-19(21,22)17-7-16(24-3-5-28-6-4-24)2-1-13(17)8-23-9-14-11-25(18(26)27)12-15(14)10-23/h1-2,7,14-15H,3-6,8-12H2,(H,26,27). The lowest BCUT2D eigenvalue weighted by Gasteiger charge is -2.30. The van der Waals surface area contributed by atoms with Gasteiger partial charge in [0.25, 0.3) is 0 Å². The van der Waals surface area contributed by atoms with Crippen LogP contribution in [0.25, 0.3) is 0 Å². The largest absolute Gasteiger partial charge is 0.465 e. The summed E-state index contributed by atoms with van der Waals surface area (Å²) in [6.45, 7) is 4.67. The lowest BCUT2D eigenvalue weighted by atomic mass is 10.0. The Kier molecular flexibility index (Phi) is 5.13. The first kappa shape index (κ1) is 19.3. The summed E-state index contributed by atoms with van der Waals surface area (Å²) in [7, 11) is 0. The van der Waals surface area contributed by atoms with Crippen molar-refractivity contribution in [3.8, 4) is 0 Å². The van der Waals surface area contributed by atoms with Crippen LogP contribution in [0.3, 0.4) is 0 Å². The minimum atomic E-state index is -4.41. The van der Waals surface area contributed by atoms with Gasteiger partial charge < -0.3 is 19.6 Å². The second-order valence-corrected chi connectivity index (χ2v) is 7.84. The third-order valence-corrected chi connectivity index (χ3v) is 6.00. The number of likely N-dealkylation sites (tertiary alicyclic amines) is 2. The minimum Gasteiger partial charge on any atom is -0.465 e. The molecule has 2 unspecified atom stereocenters. The molecule has 1 aromatic carbocycles. The van der Waals surface area contributed by atoms with Gasteiger partial charge in [0, 0.05) is 51.5 Å². The molecular formula is C19H24F3N3O3. The van der Waals surface area contributed by atoms with Crippen molar-refractivity contribution in [2.45, 2.75) is 12.7 Å². The van der Waals surface area contributed by atoms with Crippen molar-refractivity contribution in [2.75, 3.05) is 57.4 Å². The fourth-order valence-electron chi connectivity index (χ4n) is 4.60. The van der Waals surface area contributed by atoms with Crippen LogP contribution in [0, 0.1) is 11.8 Å². The average Bonchev–Trinajstić information content (AvgIpc) is 3.20. The Morgan fingerprint density at radius 3 is 2.32 bits per heavy atom. The maximum atomic E-state index is 13.7. The monoisotopic (exact) mass is 399 g/mol. The van der Waals surface area contributed by atoms with E-state index in [1.165, 1.54) is 11.0 Å². The summed E-state index contributed by atoms with van der Waals surface area (Å²) >= 11 is 0. The van der Waals surface area contributed by atoms with E-state index in [1.54, 1.807) is 12.1 Å². The molecule has 1 amide bonds. The first-order chi connectivity index (χ1) is 13.3. The SMILES string of the molecule is O=C(O)N1CC2CN(Cc3ccc(N4CCOCC4)cc3C(F)(F)F)CC2C1. The van der Waals surface area contributed by atoms with Crippen molar-refractivity contribution in [3.63, 3.8) is 0 Å². The summed E-state index contributed by atoms with van der Waals surface area (Å²) in [5.74, 6) is 0.413. The molecule has 154 valence electrons. The summed E-state index contributed by atoms with van der Waals surface area (Å²) in [6.07, 6.45) is -5.33. The Hall–Kier alpha value is -2.00. The van der Waals surface area contributed by atoms with E-state index >= 15 is 0 Å². The molecule has 4 rings (SSSR count). The molecule has 0 bridgehead atoms. The molecule has 3 fully saturated rings. The van der Waals surface area contributed by atoms with Crippen LogP contribution in [0.15, 0.2) is 18.2 Å². The zero-order chi connectivity index (χ0) is 19.9. The van der Waals surface area contributed by atoms with Crippen LogP contribution in [0.1, 0.15) is 11.1 Å². The van der Waals surface area contributed by atoms with Crippen LogP contribution in [-0.2, 0) is 17.5 Å². The molecular weight excluding hydrogens is 375 g/mol. The van der Waals surface area contributed by atoms with Crippen molar-refractivity contribution in [3.05, 3.63) is 29.3 Å². The lowest BCUT2D eigenvalue weighted by Crippen LogP contribution is -2.36. The van der Waals surface area contributed by atoms with Crippen molar-refractivity contribution >= 4 is 11.8 Å². The molecule has 0 aromatic heterocycles. The quantitative estimate of drug-likeness (QED) is 0.847. The van der Waals surface area contributed by atoms with Gasteiger partial charge in [-0.3, -0.25) is 4.90 Å². The maximum Gasteiger partial charge on any atom is 0.416 e. The molecule has 0 radical (unpaired) electrons. The fraction of sp³-hybridized carbons (Fsp3) is 0.632. The number of carbonyl (C=O) groups is 1. The van der Waals surface area contributed by atoms with E-state index < -0.39 is 17.8 Å². The number of ether oxygens (including phenoxy) is 1. The Bertz CT molecular complexity index is 723. The first-order valence-corrected chi connectivity index (χ1v) is 9.54. The molecule has 3 heterocycles. The summed E-state index contributed by atoms with van der Waals surface area (Å²) in [4.78, 5) is 16.4. The lowest BCUT2D eigenvalue weighted by molar-refractivity contribution is -0.138. The number of hydrogen-bond acceptors (Lipinski definition) is 4. The van der Waals surface area contributed by atoms with E-state index in [9.17, 15) is 18.0 Å². The molecule has 0 saturated carbocycles. The minimum absolute atomic E-state index is 0.207. The van der Waals surface area contributed by atoms with Gasteiger partial charge in [-0.1, -0.05) is 6.07 Å². The van der Waals surface area contributed by atoms with Crippen LogP contribution in [0.4, 0.5) is 23.7 Å². The van der Waals surface area contributed by atoms with Gasteiger partial charge in [0.2, 0.25) is 0 Å². The topological polar surface area (TPSA) is 56.2 Å². The fourth-order valence-corrected chi connectivity index (χ4v) is 4.60. The zero-order valence-corrected chi connectivity index (χ0v) is 15.5. The normalized spacial score (nSPS) is 26.0. The summed E-state index contributed by atoms with van der Waals surface area (Å²) in [5, 5.41) is 9.10. The number of rotatable bonds is 3. The molecule has 3 aliphatic heterocycles. The number of fused-ring (bicyclic) bond motifs is 1. The van der Waals surface area contributed by atoms with E-state index in [4.69, 9.17) is 9.84 Å². The number of benzene rings is 1. The predicted octanol–water partition coefficient (Wildman–Crippen LogP) is 2.58. The van der Waals surface area contributed by atoms with Gasteiger partial charge in [-0.2, -0.15) is 13.2 Å². The van der Waals surface area contributed by atoms with Gasteiger partial charge in [-0.15, -0.1) is 0 Å². The number of nitrogens with zero attached hydrogens (tertiary/aromatic N) is 3. The number of hydrogen-bond donors (Lipinski definition) is 1. The summed E-state index contributed by atoms with van der Waals surface area (Å²) in [6, 6.07) is 4.61. The molecule has 2 atom stereocenters. The Morgan fingerprint density at radius 2 is 1.75 bits per heavy atom. The van der Waals surface area contributed by atoms with E-state index in [-0.39, 0.29) is 23.9 Å². The van der Waals surface area contributed by atoms with Gasteiger partial charge >= 0.3 is 12.3 Å². The van der Waals surface area contributed by atoms with Gasteiger partial charge in [0.05, 0.1) is 18.8 Å². The molecule has 3 aliphatic rings. The Labute approximate surface area is 161 Å². The highest BCUT2D eigenvalue weighted by atomic mass is 19.4. The molecule has 6 nitrogen and oxygen atoms in total. The molecule has 0 spiro atoms. The molecule has 3 saturated heterocycles. The van der Waals surface area contributed by atoms with E-state index in [0.717, 1.165) is 0 Å². The summed E-state index contributed by atoms with van der Waals surface area (Å²) in [5.41, 5.74) is 0.273. The number of anilines is 1. The number of carboxylic acid groups (broad SMARTS) is 1. The van der Waals surface area contributed by atoms with Gasteiger partial charge in [-0.25, -0.2) is 4.79 Å². The van der Waals surface area contributed by atoms with Crippen LogP contribution < -0.4 is 4.90 Å². The number of halogens is 3. The van der Waals surface area contributed by atoms with Crippen molar-refractivity contribution < 1.29 is 27.8 Å². The highest BCUT2D eigenvalue weighted by Gasteiger charge is 2.42. The highest BCUT2D eigenvalue weighted by molar-refractivity contribution is 5.65. The van der Waals surface area contributed by atoms with Gasteiger partial charge in [0.15, 0.2) is 0 Å². The third-order valence-electron chi connectivity index (χ3n) is 6.00. The smallest absolute Gasteiger partial charge is 0.416 e. The van der Waals surface area contributed by atoms with Gasteiger partial charge in [-0.05, 0) is 29.5 Å². The molecule has 1 N–H and O–H groups in total. The summed E-state index contributed by atoms with van der Waals surface area (Å²) < 4.78 is 46.4. The third kappa shape index (κ3) is 3.91. The average molecular weight is 399 g/mol. The second kappa shape index (κ2) is 7.44. The van der Waals surface area contributed by atoms with Crippen molar-refractivity contribution in [1.29, 1.82) is 0 Å². The number of amides is 1. The Morgan fingerprint density at radius 1 is 1.11 bits per heavy atom. The zero-order valence-electron chi connectivity index (χ0n) is 15.5. The molecule has 28 heavy (non-hydrogen) atoms. The van der Waals surface area contributed by atoms with Crippen molar-refractivity contribution in [1.82, 2.24) is 9.80 Å². The molecule has 0 aliphatic carbocycles. The van der Waals surface area contributed by atoms with Crippen LogP contribution in [0.5, 0.6) is 0 Å². The van der Waals surface area contributed by atoms with E-state index in [2.05, 4.69) is 0 Å². The number of morpholine rings is 1. The van der Waals surface area contributed by atoms with Crippen LogP contribution in [0.2, 0.25) is 0 Å². The highest BCUT2D eigenvalue weighted by Crippen LogP contribution is 2.37. The molecule has 1 aromatic rings. The second-order valence-electron chi connectivity index (χ2n) is 7.84. The van der Waals surface area contributed by atoms with Crippen LogP contribution >= 0.6 is 0 Å². The Balaban J connectivity index is 1.48. The first-order valence-electron chi connectivity index (χ1n) is 9.54. The maximum absolute atomic E-state index is 13.7. The number of alkyl halides is 3. The van der Waals surface area contributed by atoms with E-state index in [0.29, 0.717) is 58.2 Å². The predicted molar refractivity (Wildman–Crippen MR) is 96.3 cm³/mol. The van der Waals surface area contributed by atoms with Crippen LogP contribution in [-0.4, -0.2) is 73.5 Å². The van der Waals surface area contributed by atoms with Crippen molar-refractivity contribution in [2.24, 2.45) is 11.8 Å². The molecule has 9 heteroatoms. The van der Waals surface area contributed by atoms with Gasteiger partial charge in [0.1, 0.15) is 0 Å². The van der Waals surface area contributed by atoms with E-state index in [1.807, 2.05) is 9.80 Å².